The Labute approximate surface area is 80.7 Å². The highest BCUT2D eigenvalue weighted by Crippen LogP contribution is 2.37. The predicted octanol–water partition coefficient (Wildman–Crippen LogP) is 2.16. The minimum atomic E-state index is -0.897. The second-order valence-corrected chi connectivity index (χ2v) is 4.19. The molecule has 1 aliphatic heterocycles. The van der Waals surface area contributed by atoms with Gasteiger partial charge in [-0.2, -0.15) is 0 Å². The van der Waals surface area contributed by atoms with Crippen LogP contribution >= 0.6 is 34.8 Å². The van der Waals surface area contributed by atoms with Crippen LogP contribution in [0.1, 0.15) is 6.42 Å². The zero-order valence-electron chi connectivity index (χ0n) is 5.86. The molecule has 1 saturated heterocycles. The Kier molecular flexibility index (Phi) is 3.72. The summed E-state index contributed by atoms with van der Waals surface area (Å²) in [5.41, 5.74) is 0. The number of alkyl halides is 3. The molecule has 0 aromatic carbocycles. The minimum absolute atomic E-state index is 0.410. The fourth-order valence-electron chi connectivity index (χ4n) is 0.863. The van der Waals surface area contributed by atoms with E-state index in [0.29, 0.717) is 25.5 Å². The second-order valence-electron chi connectivity index (χ2n) is 2.27. The summed E-state index contributed by atoms with van der Waals surface area (Å²) < 4.78 is 9.38. The Morgan fingerprint density at radius 1 is 1.55 bits per heavy atom. The summed E-state index contributed by atoms with van der Waals surface area (Å²) in [6.45, 7) is 0.952. The maximum atomic E-state index is 5.84. The van der Waals surface area contributed by atoms with Gasteiger partial charge in [0.25, 0.3) is 0 Å². The highest BCUT2D eigenvalue weighted by Gasteiger charge is 2.41. The molecule has 0 amide bonds. The van der Waals surface area contributed by atoms with E-state index in [4.69, 9.17) is 44.3 Å². The molecule has 0 bridgehead atoms. The van der Waals surface area contributed by atoms with Gasteiger partial charge in [-0.3, -0.25) is 0 Å². The van der Waals surface area contributed by atoms with Crippen LogP contribution in [0.15, 0.2) is 0 Å². The molecular weight excluding hydrogens is 210 g/mol. The van der Waals surface area contributed by atoms with Crippen LogP contribution < -0.4 is 0 Å². The molecule has 1 unspecified atom stereocenters. The third kappa shape index (κ3) is 2.63. The summed E-state index contributed by atoms with van der Waals surface area (Å²) >= 11 is 17.1. The number of halogens is 3. The van der Waals surface area contributed by atoms with Crippen LogP contribution in [-0.4, -0.2) is 29.7 Å². The molecular formula is C6H9Cl3O2. The molecule has 0 spiro atoms. The Bertz CT molecular complexity index is 129. The summed E-state index contributed by atoms with van der Waals surface area (Å²) in [5, 5.41) is 0. The van der Waals surface area contributed by atoms with E-state index in [1.54, 1.807) is 0 Å². The summed E-state index contributed by atoms with van der Waals surface area (Å²) in [6, 6.07) is 0. The second kappa shape index (κ2) is 4.15. The van der Waals surface area contributed by atoms with Crippen molar-refractivity contribution in [3.63, 3.8) is 0 Å². The van der Waals surface area contributed by atoms with Gasteiger partial charge in [0.05, 0.1) is 13.2 Å². The van der Waals surface area contributed by atoms with Crippen molar-refractivity contribution in [2.45, 2.75) is 17.0 Å². The Morgan fingerprint density at radius 2 is 2.27 bits per heavy atom. The van der Waals surface area contributed by atoms with Crippen LogP contribution in [0.2, 0.25) is 0 Å². The molecule has 1 aliphatic rings. The van der Waals surface area contributed by atoms with E-state index < -0.39 is 10.6 Å². The molecule has 0 radical (unpaired) electrons. The first kappa shape index (κ1) is 9.87. The van der Waals surface area contributed by atoms with Gasteiger partial charge in [-0.1, -0.05) is 23.2 Å². The SMILES string of the molecule is ClCCOC1OCCC1(Cl)Cl. The topological polar surface area (TPSA) is 18.5 Å². The van der Waals surface area contributed by atoms with E-state index in [-0.39, 0.29) is 0 Å². The lowest BCUT2D eigenvalue weighted by molar-refractivity contribution is -0.109. The van der Waals surface area contributed by atoms with E-state index in [0.717, 1.165) is 0 Å². The van der Waals surface area contributed by atoms with Gasteiger partial charge in [-0.15, -0.1) is 11.6 Å². The van der Waals surface area contributed by atoms with Gasteiger partial charge in [-0.25, -0.2) is 0 Å². The minimum Gasteiger partial charge on any atom is -0.349 e. The number of rotatable bonds is 3. The molecule has 0 saturated carbocycles. The van der Waals surface area contributed by atoms with Crippen LogP contribution in [0, 0.1) is 0 Å². The molecule has 5 heteroatoms. The average molecular weight is 219 g/mol. The molecule has 2 nitrogen and oxygen atoms in total. The van der Waals surface area contributed by atoms with Gasteiger partial charge < -0.3 is 9.47 Å². The van der Waals surface area contributed by atoms with Crippen LogP contribution in [-0.2, 0) is 9.47 Å². The fourth-order valence-corrected chi connectivity index (χ4v) is 1.36. The lowest BCUT2D eigenvalue weighted by Gasteiger charge is -2.19. The number of hydrogen-bond acceptors (Lipinski definition) is 2. The van der Waals surface area contributed by atoms with Crippen molar-refractivity contribution in [2.24, 2.45) is 0 Å². The first-order valence-electron chi connectivity index (χ1n) is 3.34. The van der Waals surface area contributed by atoms with Crippen molar-refractivity contribution in [1.29, 1.82) is 0 Å². The maximum Gasteiger partial charge on any atom is 0.190 e. The largest absolute Gasteiger partial charge is 0.349 e. The van der Waals surface area contributed by atoms with Crippen molar-refractivity contribution in [3.8, 4) is 0 Å². The summed E-state index contributed by atoms with van der Waals surface area (Å²) in [4.78, 5) is 0. The van der Waals surface area contributed by atoms with Crippen molar-refractivity contribution in [3.05, 3.63) is 0 Å². The first-order chi connectivity index (χ1) is 5.17. The smallest absolute Gasteiger partial charge is 0.190 e. The molecule has 1 atom stereocenters. The summed E-state index contributed by atoms with van der Waals surface area (Å²) in [5.74, 6) is 0.420. The summed E-state index contributed by atoms with van der Waals surface area (Å²) in [7, 11) is 0. The lowest BCUT2D eigenvalue weighted by atomic mass is 10.3. The number of hydrogen-bond donors (Lipinski definition) is 0. The fraction of sp³-hybridized carbons (Fsp3) is 1.00. The normalized spacial score (nSPS) is 29.2. The average Bonchev–Trinajstić information content (AvgIpc) is 2.25. The van der Waals surface area contributed by atoms with E-state index in [1.165, 1.54) is 0 Å². The Morgan fingerprint density at radius 3 is 2.73 bits per heavy atom. The quantitative estimate of drug-likeness (QED) is 0.677. The highest BCUT2D eigenvalue weighted by atomic mass is 35.5. The molecule has 1 fully saturated rings. The van der Waals surface area contributed by atoms with Crippen molar-refractivity contribution >= 4 is 34.8 Å². The van der Waals surface area contributed by atoms with Crippen LogP contribution in [0.25, 0.3) is 0 Å². The molecule has 0 aromatic heterocycles. The van der Waals surface area contributed by atoms with Crippen molar-refractivity contribution in [1.82, 2.24) is 0 Å². The zero-order chi connectivity index (χ0) is 8.32. The van der Waals surface area contributed by atoms with E-state index in [9.17, 15) is 0 Å². The van der Waals surface area contributed by atoms with E-state index in [2.05, 4.69) is 0 Å². The predicted molar refractivity (Wildman–Crippen MR) is 45.5 cm³/mol. The molecule has 66 valence electrons. The maximum absolute atomic E-state index is 5.84. The van der Waals surface area contributed by atoms with Gasteiger partial charge >= 0.3 is 0 Å². The van der Waals surface area contributed by atoms with Crippen LogP contribution in [0.3, 0.4) is 0 Å². The van der Waals surface area contributed by atoms with Crippen LogP contribution in [0.4, 0.5) is 0 Å². The monoisotopic (exact) mass is 218 g/mol. The lowest BCUT2D eigenvalue weighted by Crippen LogP contribution is -2.29. The number of ether oxygens (including phenoxy) is 2. The molecule has 0 aromatic rings. The first-order valence-corrected chi connectivity index (χ1v) is 4.63. The third-order valence-corrected chi connectivity index (χ3v) is 2.28. The third-order valence-electron chi connectivity index (χ3n) is 1.40. The van der Waals surface area contributed by atoms with Gasteiger partial charge in [0.15, 0.2) is 10.6 Å². The molecule has 1 rings (SSSR count). The summed E-state index contributed by atoms with van der Waals surface area (Å²) in [6.07, 6.45) is 0.0767. The van der Waals surface area contributed by atoms with E-state index in [1.807, 2.05) is 0 Å². The molecule has 1 heterocycles. The Hall–Kier alpha value is 0.790. The van der Waals surface area contributed by atoms with Crippen molar-refractivity contribution < 1.29 is 9.47 Å². The van der Waals surface area contributed by atoms with Gasteiger partial charge in [0.2, 0.25) is 0 Å². The highest BCUT2D eigenvalue weighted by molar-refractivity contribution is 6.48. The van der Waals surface area contributed by atoms with Gasteiger partial charge in [0, 0.05) is 12.3 Å². The van der Waals surface area contributed by atoms with Crippen molar-refractivity contribution in [2.75, 3.05) is 19.1 Å². The van der Waals surface area contributed by atoms with Crippen LogP contribution in [0.5, 0.6) is 0 Å². The Balaban J connectivity index is 2.32. The van der Waals surface area contributed by atoms with Gasteiger partial charge in [-0.05, 0) is 0 Å². The standard InChI is InChI=1S/C6H9Cl3O2/c7-2-4-11-5-6(8,9)1-3-10-5/h5H,1-4H2. The zero-order valence-corrected chi connectivity index (χ0v) is 8.12. The molecule has 0 N–H and O–H groups in total. The van der Waals surface area contributed by atoms with E-state index >= 15 is 0 Å². The molecule has 11 heavy (non-hydrogen) atoms. The molecule has 0 aliphatic carbocycles. The van der Waals surface area contributed by atoms with Gasteiger partial charge in [0.1, 0.15) is 0 Å².